The minimum Gasteiger partial charge on any atom is -0.316 e. The Bertz CT molecular complexity index is 377. The van der Waals surface area contributed by atoms with Crippen molar-refractivity contribution < 1.29 is 0 Å². The van der Waals surface area contributed by atoms with Crippen molar-refractivity contribution in [1.82, 2.24) is 10.6 Å². The van der Waals surface area contributed by atoms with Crippen LogP contribution in [0, 0.1) is 0 Å². The van der Waals surface area contributed by atoms with Gasteiger partial charge in [-0.1, -0.05) is 50.2 Å². The summed E-state index contributed by atoms with van der Waals surface area (Å²) in [6.07, 6.45) is 0. The maximum atomic E-state index is 3.08. The minimum absolute atomic E-state index is 0. The summed E-state index contributed by atoms with van der Waals surface area (Å²) in [5, 5.41) is 8.25. The van der Waals surface area contributed by atoms with Crippen molar-refractivity contribution in [1.29, 1.82) is 0 Å². The fourth-order valence-corrected chi connectivity index (χ4v) is 2.10. The van der Waals surface area contributed by atoms with Crippen LogP contribution in [0.4, 0.5) is 0 Å². The van der Waals surface area contributed by atoms with Crippen LogP contribution in [0.1, 0.15) is 24.3 Å². The lowest BCUT2D eigenvalue weighted by atomic mass is 10.2. The van der Waals surface area contributed by atoms with E-state index in [-0.39, 0.29) is 24.0 Å². The van der Waals surface area contributed by atoms with Gasteiger partial charge in [-0.05, 0) is 31.1 Å². The van der Waals surface area contributed by atoms with Crippen LogP contribution in [-0.4, -0.2) is 14.1 Å². The molecule has 114 valence electrons. The molecular formula is C16H27IN2S. The van der Waals surface area contributed by atoms with Crippen LogP contribution < -0.4 is 10.6 Å². The van der Waals surface area contributed by atoms with Gasteiger partial charge in [-0.3, -0.25) is 0 Å². The molecule has 1 aromatic heterocycles. The Morgan fingerprint density at radius 1 is 0.850 bits per heavy atom. The molecule has 0 unspecified atom stereocenters. The van der Waals surface area contributed by atoms with Crippen LogP contribution in [0.25, 0.3) is 0 Å². The van der Waals surface area contributed by atoms with E-state index < -0.39 is 0 Å². The van der Waals surface area contributed by atoms with E-state index in [1.165, 1.54) is 10.4 Å². The van der Waals surface area contributed by atoms with E-state index >= 15 is 0 Å². The van der Waals surface area contributed by atoms with Crippen LogP contribution >= 0.6 is 35.3 Å². The van der Waals surface area contributed by atoms with Crippen molar-refractivity contribution in [3.8, 4) is 0 Å². The SMILES string of the molecule is CC.CNCc1ccccc1.CNCc1cccs1.I. The molecule has 1 heterocycles. The van der Waals surface area contributed by atoms with Crippen molar-refractivity contribution in [2.24, 2.45) is 0 Å². The Kier molecular flexibility index (Phi) is 18.2. The van der Waals surface area contributed by atoms with Gasteiger partial charge in [-0.15, -0.1) is 35.3 Å². The lowest BCUT2D eigenvalue weighted by Crippen LogP contribution is -2.04. The molecule has 20 heavy (non-hydrogen) atoms. The topological polar surface area (TPSA) is 24.1 Å². The van der Waals surface area contributed by atoms with E-state index in [1.54, 1.807) is 11.3 Å². The zero-order chi connectivity index (χ0) is 14.3. The minimum atomic E-state index is 0. The third-order valence-corrected chi connectivity index (χ3v) is 3.03. The molecule has 2 N–H and O–H groups in total. The van der Waals surface area contributed by atoms with Gasteiger partial charge in [0.2, 0.25) is 0 Å². The monoisotopic (exact) mass is 406 g/mol. The highest BCUT2D eigenvalue weighted by molar-refractivity contribution is 14.0. The summed E-state index contributed by atoms with van der Waals surface area (Å²) in [4.78, 5) is 1.40. The average molecular weight is 406 g/mol. The molecule has 0 spiro atoms. The molecular weight excluding hydrogens is 379 g/mol. The van der Waals surface area contributed by atoms with Gasteiger partial charge in [0.1, 0.15) is 0 Å². The molecule has 0 saturated heterocycles. The van der Waals surface area contributed by atoms with Gasteiger partial charge in [0.25, 0.3) is 0 Å². The van der Waals surface area contributed by atoms with E-state index in [2.05, 4.69) is 40.3 Å². The van der Waals surface area contributed by atoms with E-state index in [0.29, 0.717) is 0 Å². The zero-order valence-corrected chi connectivity index (χ0v) is 16.0. The van der Waals surface area contributed by atoms with Crippen molar-refractivity contribution in [3.05, 3.63) is 58.3 Å². The second-order valence-corrected chi connectivity index (χ2v) is 4.66. The molecule has 4 heteroatoms. The van der Waals surface area contributed by atoms with Gasteiger partial charge in [-0.25, -0.2) is 0 Å². The number of halogens is 1. The molecule has 2 nitrogen and oxygen atoms in total. The Morgan fingerprint density at radius 3 is 1.90 bits per heavy atom. The summed E-state index contributed by atoms with van der Waals surface area (Å²) in [6.45, 7) is 5.96. The largest absolute Gasteiger partial charge is 0.316 e. The van der Waals surface area contributed by atoms with Crippen molar-refractivity contribution >= 4 is 35.3 Å². The Labute approximate surface area is 145 Å². The normalized spacial score (nSPS) is 8.40. The molecule has 0 radical (unpaired) electrons. The van der Waals surface area contributed by atoms with Gasteiger partial charge in [0.15, 0.2) is 0 Å². The summed E-state index contributed by atoms with van der Waals surface area (Å²) in [6, 6.07) is 14.5. The number of rotatable bonds is 4. The molecule has 0 atom stereocenters. The Balaban J connectivity index is 0. The van der Waals surface area contributed by atoms with Crippen LogP contribution in [0.15, 0.2) is 47.8 Å². The number of thiophene rings is 1. The summed E-state index contributed by atoms with van der Waals surface area (Å²) in [5.74, 6) is 0. The molecule has 2 aromatic rings. The summed E-state index contributed by atoms with van der Waals surface area (Å²) in [5.41, 5.74) is 1.33. The lowest BCUT2D eigenvalue weighted by molar-refractivity contribution is 0.818. The smallest absolute Gasteiger partial charge is 0.0296 e. The number of hydrogen-bond acceptors (Lipinski definition) is 3. The molecule has 0 fully saturated rings. The third-order valence-electron chi connectivity index (χ3n) is 2.15. The van der Waals surface area contributed by atoms with Crippen LogP contribution in [0.5, 0.6) is 0 Å². The quantitative estimate of drug-likeness (QED) is 0.730. The van der Waals surface area contributed by atoms with Crippen LogP contribution in [0.2, 0.25) is 0 Å². The van der Waals surface area contributed by atoms with Crippen molar-refractivity contribution in [2.45, 2.75) is 26.9 Å². The van der Waals surface area contributed by atoms with Gasteiger partial charge in [0.05, 0.1) is 0 Å². The molecule has 0 bridgehead atoms. The molecule has 0 amide bonds. The molecule has 0 aliphatic carbocycles. The predicted molar refractivity (Wildman–Crippen MR) is 103 cm³/mol. The molecule has 2 rings (SSSR count). The predicted octanol–water partition coefficient (Wildman–Crippen LogP) is 4.52. The van der Waals surface area contributed by atoms with E-state index in [1.807, 2.05) is 46.1 Å². The van der Waals surface area contributed by atoms with Gasteiger partial charge in [-0.2, -0.15) is 0 Å². The first kappa shape index (κ1) is 21.9. The standard InChI is InChI=1S/C8H11N.C6H9NS.C2H6.HI/c1-9-7-8-5-3-2-4-6-8;1-7-5-6-3-2-4-8-6;1-2;/h2-6,9H,7H2,1H3;2-4,7H,5H2,1H3;1-2H3;1H. The molecule has 0 aliphatic heterocycles. The number of hydrogen-bond donors (Lipinski definition) is 2. The van der Waals surface area contributed by atoms with E-state index in [0.717, 1.165) is 13.1 Å². The van der Waals surface area contributed by atoms with Crippen LogP contribution in [-0.2, 0) is 13.1 Å². The van der Waals surface area contributed by atoms with Crippen molar-refractivity contribution in [2.75, 3.05) is 14.1 Å². The molecule has 0 saturated carbocycles. The molecule has 1 aromatic carbocycles. The first-order chi connectivity index (χ1) is 9.36. The lowest BCUT2D eigenvalue weighted by Gasteiger charge is -1.95. The molecule has 0 aliphatic rings. The van der Waals surface area contributed by atoms with Crippen molar-refractivity contribution in [3.63, 3.8) is 0 Å². The van der Waals surface area contributed by atoms with E-state index in [9.17, 15) is 0 Å². The summed E-state index contributed by atoms with van der Waals surface area (Å²) < 4.78 is 0. The van der Waals surface area contributed by atoms with E-state index in [4.69, 9.17) is 0 Å². The van der Waals surface area contributed by atoms with Gasteiger partial charge >= 0.3 is 0 Å². The highest BCUT2D eigenvalue weighted by atomic mass is 127. The highest BCUT2D eigenvalue weighted by Gasteiger charge is 1.86. The second kappa shape index (κ2) is 16.6. The van der Waals surface area contributed by atoms with Gasteiger partial charge in [0, 0.05) is 18.0 Å². The first-order valence-electron chi connectivity index (χ1n) is 6.72. The van der Waals surface area contributed by atoms with Gasteiger partial charge < -0.3 is 10.6 Å². The third kappa shape index (κ3) is 11.4. The fourth-order valence-electron chi connectivity index (χ4n) is 1.39. The maximum absolute atomic E-state index is 3.08. The Morgan fingerprint density at radius 2 is 1.45 bits per heavy atom. The number of nitrogens with one attached hydrogen (secondary N) is 2. The summed E-state index contributed by atoms with van der Waals surface area (Å²) >= 11 is 1.78. The Hall–Kier alpha value is -0.430. The van der Waals surface area contributed by atoms with Crippen LogP contribution in [0.3, 0.4) is 0 Å². The fraction of sp³-hybridized carbons (Fsp3) is 0.375. The summed E-state index contributed by atoms with van der Waals surface area (Å²) in [7, 11) is 3.91. The zero-order valence-electron chi connectivity index (χ0n) is 12.8. The average Bonchev–Trinajstić information content (AvgIpc) is 2.97. The highest BCUT2D eigenvalue weighted by Crippen LogP contribution is 2.06. The second-order valence-electron chi connectivity index (χ2n) is 3.63. The maximum Gasteiger partial charge on any atom is 0.0296 e. The first-order valence-corrected chi connectivity index (χ1v) is 7.60. The number of benzene rings is 1.